The van der Waals surface area contributed by atoms with Gasteiger partial charge < -0.3 is 14.8 Å². The number of anilines is 1. The number of benzene rings is 2. The van der Waals surface area contributed by atoms with Crippen molar-refractivity contribution in [2.24, 2.45) is 0 Å². The summed E-state index contributed by atoms with van der Waals surface area (Å²) in [5, 5.41) is 5.72. The number of carbonyl (C=O) groups excluding carboxylic acids is 1. The van der Waals surface area contributed by atoms with Crippen LogP contribution in [0.5, 0.6) is 11.5 Å². The second kappa shape index (κ2) is 6.46. The highest BCUT2D eigenvalue weighted by atomic mass is 32.1. The molecule has 0 unspecified atom stereocenters. The summed E-state index contributed by atoms with van der Waals surface area (Å²) in [6.07, 6.45) is 0.225. The zero-order valence-electron chi connectivity index (χ0n) is 14.5. The Kier molecular flexibility index (Phi) is 4.12. The van der Waals surface area contributed by atoms with Crippen LogP contribution in [-0.2, 0) is 11.2 Å². The van der Waals surface area contributed by atoms with Crippen molar-refractivity contribution < 1.29 is 14.3 Å². The van der Waals surface area contributed by atoms with E-state index in [0.717, 1.165) is 16.3 Å². The summed E-state index contributed by atoms with van der Waals surface area (Å²) in [6, 6.07) is 15.3. The molecule has 1 aromatic heterocycles. The zero-order chi connectivity index (χ0) is 18.1. The van der Waals surface area contributed by atoms with E-state index in [2.05, 4.69) is 10.3 Å². The Morgan fingerprint density at radius 2 is 1.88 bits per heavy atom. The summed E-state index contributed by atoms with van der Waals surface area (Å²) < 4.78 is 11.4. The summed E-state index contributed by atoms with van der Waals surface area (Å²) in [4.78, 5) is 16.9. The second-order valence-electron chi connectivity index (χ2n) is 6.50. The molecule has 1 N–H and O–H groups in total. The first-order valence-corrected chi connectivity index (χ1v) is 9.18. The van der Waals surface area contributed by atoms with Gasteiger partial charge in [0.15, 0.2) is 11.5 Å². The molecular weight excluding hydrogens is 348 g/mol. The molecule has 2 aromatic carbocycles. The third-order valence-corrected chi connectivity index (χ3v) is 4.79. The normalized spacial score (nSPS) is 14.2. The van der Waals surface area contributed by atoms with Crippen LogP contribution in [0.1, 0.15) is 19.5 Å². The fourth-order valence-electron chi connectivity index (χ4n) is 2.77. The Morgan fingerprint density at radius 1 is 1.12 bits per heavy atom. The third-order valence-electron chi connectivity index (χ3n) is 3.85. The molecule has 1 aliphatic heterocycles. The van der Waals surface area contributed by atoms with Gasteiger partial charge in [0, 0.05) is 36.5 Å². The predicted octanol–water partition coefficient (Wildman–Crippen LogP) is 4.50. The number of nitrogens with zero attached hydrogens (tertiary/aromatic N) is 1. The SMILES string of the molecule is CC1(C)Oc2ccc(NC(=O)Cc3csc(-c4ccccc4)n3)cc2O1. The first kappa shape index (κ1) is 16.6. The number of thiazole rings is 1. The van der Waals surface area contributed by atoms with Crippen molar-refractivity contribution in [1.29, 1.82) is 0 Å². The van der Waals surface area contributed by atoms with Crippen molar-refractivity contribution in [3.8, 4) is 22.1 Å². The lowest BCUT2D eigenvalue weighted by Gasteiger charge is -2.16. The minimum absolute atomic E-state index is 0.118. The number of nitrogens with one attached hydrogen (secondary N) is 1. The molecule has 0 radical (unpaired) electrons. The maximum atomic E-state index is 12.3. The standard InChI is InChI=1S/C20H18N2O3S/c1-20(2)24-16-9-8-14(10-17(16)25-20)21-18(23)11-15-12-26-19(22-15)13-6-4-3-5-7-13/h3-10,12H,11H2,1-2H3,(H,21,23). The number of hydrogen-bond donors (Lipinski definition) is 1. The van der Waals surface area contributed by atoms with Crippen LogP contribution >= 0.6 is 11.3 Å². The molecule has 0 saturated carbocycles. The fraction of sp³-hybridized carbons (Fsp3) is 0.200. The molecule has 0 fully saturated rings. The molecule has 0 bridgehead atoms. The van der Waals surface area contributed by atoms with E-state index in [1.807, 2.05) is 49.6 Å². The highest BCUT2D eigenvalue weighted by molar-refractivity contribution is 7.13. The van der Waals surface area contributed by atoms with Crippen LogP contribution in [0, 0.1) is 0 Å². The number of rotatable bonds is 4. The topological polar surface area (TPSA) is 60.5 Å². The Balaban J connectivity index is 1.42. The van der Waals surface area contributed by atoms with E-state index in [-0.39, 0.29) is 12.3 Å². The van der Waals surface area contributed by atoms with Crippen LogP contribution in [0.2, 0.25) is 0 Å². The molecule has 132 valence electrons. The minimum Gasteiger partial charge on any atom is -0.449 e. The summed E-state index contributed by atoms with van der Waals surface area (Å²) in [7, 11) is 0. The lowest BCUT2D eigenvalue weighted by molar-refractivity contribution is -0.115. The van der Waals surface area contributed by atoms with Gasteiger partial charge in [0.25, 0.3) is 0 Å². The quantitative estimate of drug-likeness (QED) is 0.739. The Bertz CT molecular complexity index is 951. The largest absolute Gasteiger partial charge is 0.449 e. The minimum atomic E-state index is -0.681. The van der Waals surface area contributed by atoms with Crippen LogP contribution in [0.4, 0.5) is 5.69 Å². The number of ether oxygens (including phenoxy) is 2. The van der Waals surface area contributed by atoms with Gasteiger partial charge in [-0.25, -0.2) is 4.98 Å². The van der Waals surface area contributed by atoms with Crippen LogP contribution in [-0.4, -0.2) is 16.7 Å². The highest BCUT2D eigenvalue weighted by Crippen LogP contribution is 2.40. The van der Waals surface area contributed by atoms with E-state index < -0.39 is 5.79 Å². The van der Waals surface area contributed by atoms with Gasteiger partial charge in [0.05, 0.1) is 12.1 Å². The molecule has 2 heterocycles. The summed E-state index contributed by atoms with van der Waals surface area (Å²) >= 11 is 1.54. The van der Waals surface area contributed by atoms with Crippen molar-refractivity contribution in [3.63, 3.8) is 0 Å². The molecule has 1 amide bonds. The van der Waals surface area contributed by atoms with Gasteiger partial charge in [0.1, 0.15) is 5.01 Å². The number of aromatic nitrogens is 1. The fourth-order valence-corrected chi connectivity index (χ4v) is 3.60. The first-order chi connectivity index (χ1) is 12.5. The second-order valence-corrected chi connectivity index (χ2v) is 7.36. The molecule has 26 heavy (non-hydrogen) atoms. The number of fused-ring (bicyclic) bond motifs is 1. The first-order valence-electron chi connectivity index (χ1n) is 8.30. The third kappa shape index (κ3) is 3.55. The van der Waals surface area contributed by atoms with E-state index in [4.69, 9.17) is 9.47 Å². The van der Waals surface area contributed by atoms with Crippen LogP contribution in [0.15, 0.2) is 53.9 Å². The number of hydrogen-bond acceptors (Lipinski definition) is 5. The summed E-state index contributed by atoms with van der Waals surface area (Å²) in [6.45, 7) is 3.69. The van der Waals surface area contributed by atoms with Crippen molar-refractivity contribution in [2.75, 3.05) is 5.32 Å². The van der Waals surface area contributed by atoms with Gasteiger partial charge in [-0.3, -0.25) is 4.79 Å². The predicted molar refractivity (Wildman–Crippen MR) is 102 cm³/mol. The van der Waals surface area contributed by atoms with Gasteiger partial charge in [-0.1, -0.05) is 30.3 Å². The molecule has 6 heteroatoms. The monoisotopic (exact) mass is 366 g/mol. The molecule has 0 spiro atoms. The number of amides is 1. The van der Waals surface area contributed by atoms with Crippen molar-refractivity contribution in [2.45, 2.75) is 26.1 Å². The van der Waals surface area contributed by atoms with Crippen LogP contribution in [0.3, 0.4) is 0 Å². The van der Waals surface area contributed by atoms with Gasteiger partial charge >= 0.3 is 0 Å². The molecule has 5 nitrogen and oxygen atoms in total. The maximum absolute atomic E-state index is 12.3. The van der Waals surface area contributed by atoms with Crippen LogP contribution in [0.25, 0.3) is 10.6 Å². The maximum Gasteiger partial charge on any atom is 0.246 e. The Labute approximate surface area is 155 Å². The van der Waals surface area contributed by atoms with Crippen molar-refractivity contribution in [1.82, 2.24) is 4.98 Å². The van der Waals surface area contributed by atoms with Crippen molar-refractivity contribution >= 4 is 22.9 Å². The molecule has 0 saturated heterocycles. The molecule has 0 aliphatic carbocycles. The van der Waals surface area contributed by atoms with Gasteiger partial charge in [0.2, 0.25) is 11.7 Å². The molecular formula is C20H18N2O3S. The average molecular weight is 366 g/mol. The zero-order valence-corrected chi connectivity index (χ0v) is 15.3. The van der Waals surface area contributed by atoms with E-state index >= 15 is 0 Å². The van der Waals surface area contributed by atoms with Crippen molar-refractivity contribution in [3.05, 3.63) is 59.6 Å². The lowest BCUT2D eigenvalue weighted by atomic mass is 10.2. The Hall–Kier alpha value is -2.86. The van der Waals surface area contributed by atoms with E-state index in [0.29, 0.717) is 17.2 Å². The summed E-state index contributed by atoms with van der Waals surface area (Å²) in [5.41, 5.74) is 2.49. The van der Waals surface area contributed by atoms with Crippen LogP contribution < -0.4 is 14.8 Å². The Morgan fingerprint density at radius 3 is 2.69 bits per heavy atom. The average Bonchev–Trinajstić information content (AvgIpc) is 3.17. The van der Waals surface area contributed by atoms with Gasteiger partial charge in [-0.2, -0.15) is 0 Å². The smallest absolute Gasteiger partial charge is 0.246 e. The molecule has 3 aromatic rings. The summed E-state index contributed by atoms with van der Waals surface area (Å²) in [5.74, 6) is 0.514. The number of carbonyl (C=O) groups is 1. The van der Waals surface area contributed by atoms with E-state index in [9.17, 15) is 4.79 Å². The van der Waals surface area contributed by atoms with Gasteiger partial charge in [-0.05, 0) is 12.1 Å². The highest BCUT2D eigenvalue weighted by Gasteiger charge is 2.31. The molecule has 1 aliphatic rings. The van der Waals surface area contributed by atoms with E-state index in [1.165, 1.54) is 11.3 Å². The lowest BCUT2D eigenvalue weighted by Crippen LogP contribution is -2.29. The molecule has 0 atom stereocenters. The van der Waals surface area contributed by atoms with Gasteiger partial charge in [-0.15, -0.1) is 11.3 Å². The molecule has 4 rings (SSSR count). The van der Waals surface area contributed by atoms with E-state index in [1.54, 1.807) is 18.2 Å².